The van der Waals surface area contributed by atoms with Gasteiger partial charge < -0.3 is 4.79 Å². The van der Waals surface area contributed by atoms with Gasteiger partial charge in [0.2, 0.25) is 5.78 Å². The summed E-state index contributed by atoms with van der Waals surface area (Å²) in [6, 6.07) is 0. The van der Waals surface area contributed by atoms with E-state index in [2.05, 4.69) is 0 Å². The predicted molar refractivity (Wildman–Crippen MR) is 31.0 cm³/mol. The molecule has 0 spiro atoms. The highest BCUT2D eigenvalue weighted by atomic mass is 19.4. The van der Waals surface area contributed by atoms with Crippen molar-refractivity contribution in [2.24, 2.45) is 0 Å². The summed E-state index contributed by atoms with van der Waals surface area (Å²) in [5, 5.41) is 0. The Bertz CT molecular complexity index is 171. The lowest BCUT2D eigenvalue weighted by molar-refractivity contribution is -0.171. The third-order valence-electron chi connectivity index (χ3n) is 1.02. The number of hydrogen-bond donors (Lipinski definition) is 0. The topological polar surface area (TPSA) is 34.1 Å². The first-order valence-electron chi connectivity index (χ1n) is 2.93. The lowest BCUT2D eigenvalue weighted by Gasteiger charge is -2.02. The summed E-state index contributed by atoms with van der Waals surface area (Å²) in [5.74, 6) is -2.25. The Hall–Kier alpha value is -0.870. The molecule has 0 bridgehead atoms. The van der Waals surface area contributed by atoms with E-state index in [0.29, 0.717) is 0 Å². The number of carbonyl (C=O) groups excluding carboxylic acids is 2. The molecular weight excluding hydrogens is 161 g/mol. The number of carbonyl (C=O) groups is 2. The van der Waals surface area contributed by atoms with Gasteiger partial charge in [-0.1, -0.05) is 0 Å². The summed E-state index contributed by atoms with van der Waals surface area (Å²) in [6.45, 7) is 1.14. The van der Waals surface area contributed by atoms with Gasteiger partial charge in [0.25, 0.3) is 0 Å². The smallest absolute Gasteiger partial charge is 0.300 e. The Morgan fingerprint density at radius 3 is 1.91 bits per heavy atom. The van der Waals surface area contributed by atoms with E-state index in [0.717, 1.165) is 6.92 Å². The molecule has 0 aromatic rings. The summed E-state index contributed by atoms with van der Waals surface area (Å²) in [5.41, 5.74) is 0. The molecule has 0 N–H and O–H groups in total. The molecule has 0 aliphatic heterocycles. The fraction of sp³-hybridized carbons (Fsp3) is 0.667. The standard InChI is InChI=1S/C6H7F3O2/c1-4(10)2-3-5(11)6(7,8)9/h2-3H2,1H3. The Morgan fingerprint density at radius 2 is 1.64 bits per heavy atom. The molecule has 0 atom stereocenters. The van der Waals surface area contributed by atoms with Gasteiger partial charge in [0.05, 0.1) is 0 Å². The van der Waals surface area contributed by atoms with Gasteiger partial charge in [-0.3, -0.25) is 4.79 Å². The van der Waals surface area contributed by atoms with Crippen LogP contribution in [0.4, 0.5) is 13.2 Å². The highest BCUT2D eigenvalue weighted by molar-refractivity contribution is 5.88. The largest absolute Gasteiger partial charge is 0.449 e. The van der Waals surface area contributed by atoms with Gasteiger partial charge >= 0.3 is 6.18 Å². The van der Waals surface area contributed by atoms with Crippen LogP contribution in [0.3, 0.4) is 0 Å². The fourth-order valence-electron chi connectivity index (χ4n) is 0.431. The average Bonchev–Trinajstić information content (AvgIpc) is 1.80. The summed E-state index contributed by atoms with van der Waals surface area (Å²) in [4.78, 5) is 20.2. The first kappa shape index (κ1) is 10.1. The minimum absolute atomic E-state index is 0.335. The summed E-state index contributed by atoms with van der Waals surface area (Å²) >= 11 is 0. The van der Waals surface area contributed by atoms with Crippen molar-refractivity contribution in [1.29, 1.82) is 0 Å². The predicted octanol–water partition coefficient (Wildman–Crippen LogP) is 1.49. The monoisotopic (exact) mass is 168 g/mol. The molecule has 0 aromatic carbocycles. The SMILES string of the molecule is CC(=O)CCC(=O)C(F)(F)F. The number of Topliss-reactive ketones (excluding diaryl/α,β-unsaturated/α-hetero) is 2. The number of halogens is 3. The van der Waals surface area contributed by atoms with Crippen LogP contribution in [0.1, 0.15) is 19.8 Å². The summed E-state index contributed by atoms with van der Waals surface area (Å²) < 4.78 is 34.3. The molecule has 0 aliphatic rings. The van der Waals surface area contributed by atoms with Gasteiger partial charge in [0.15, 0.2) is 0 Å². The second kappa shape index (κ2) is 3.50. The van der Waals surface area contributed by atoms with Crippen molar-refractivity contribution >= 4 is 11.6 Å². The Balaban J connectivity index is 3.80. The first-order valence-corrected chi connectivity index (χ1v) is 2.93. The van der Waals surface area contributed by atoms with Gasteiger partial charge in [0, 0.05) is 12.8 Å². The van der Waals surface area contributed by atoms with Crippen molar-refractivity contribution in [1.82, 2.24) is 0 Å². The molecule has 0 heterocycles. The van der Waals surface area contributed by atoms with Crippen molar-refractivity contribution < 1.29 is 22.8 Å². The molecule has 0 aliphatic carbocycles. The van der Waals surface area contributed by atoms with Gasteiger partial charge in [-0.15, -0.1) is 0 Å². The number of alkyl halides is 3. The number of rotatable bonds is 3. The van der Waals surface area contributed by atoms with Gasteiger partial charge in [0.1, 0.15) is 5.78 Å². The molecule has 0 amide bonds. The lowest BCUT2D eigenvalue weighted by Crippen LogP contribution is -2.22. The maximum atomic E-state index is 11.4. The zero-order valence-electron chi connectivity index (χ0n) is 5.86. The van der Waals surface area contributed by atoms with E-state index in [9.17, 15) is 22.8 Å². The molecule has 0 aromatic heterocycles. The Kier molecular flexibility index (Phi) is 3.22. The van der Waals surface area contributed by atoms with E-state index in [1.165, 1.54) is 0 Å². The van der Waals surface area contributed by atoms with Crippen molar-refractivity contribution in [3.8, 4) is 0 Å². The van der Waals surface area contributed by atoms with Crippen LogP contribution in [0.15, 0.2) is 0 Å². The highest BCUT2D eigenvalue weighted by Crippen LogP contribution is 2.18. The molecule has 0 radical (unpaired) electrons. The Morgan fingerprint density at radius 1 is 1.18 bits per heavy atom. The summed E-state index contributed by atoms with van der Waals surface area (Å²) in [6.07, 6.45) is -5.87. The number of hydrogen-bond acceptors (Lipinski definition) is 2. The molecule has 5 heteroatoms. The van der Waals surface area contributed by atoms with Crippen LogP contribution in [-0.2, 0) is 9.59 Å². The minimum Gasteiger partial charge on any atom is -0.300 e. The van der Waals surface area contributed by atoms with Crippen LogP contribution in [0.5, 0.6) is 0 Å². The Labute approximate surface area is 61.4 Å². The van der Waals surface area contributed by atoms with E-state index in [4.69, 9.17) is 0 Å². The second-order valence-corrected chi connectivity index (χ2v) is 2.12. The second-order valence-electron chi connectivity index (χ2n) is 2.12. The van der Waals surface area contributed by atoms with Gasteiger partial charge in [-0.05, 0) is 6.92 Å². The fourth-order valence-corrected chi connectivity index (χ4v) is 0.431. The van der Waals surface area contributed by atoms with Crippen LogP contribution in [-0.4, -0.2) is 17.7 Å². The highest BCUT2D eigenvalue weighted by Gasteiger charge is 2.37. The molecular formula is C6H7F3O2. The first-order chi connectivity index (χ1) is 4.84. The van der Waals surface area contributed by atoms with Crippen LogP contribution in [0, 0.1) is 0 Å². The van der Waals surface area contributed by atoms with Crippen LogP contribution in [0.2, 0.25) is 0 Å². The zero-order chi connectivity index (χ0) is 9.07. The van der Waals surface area contributed by atoms with E-state index >= 15 is 0 Å². The van der Waals surface area contributed by atoms with Crippen LogP contribution >= 0.6 is 0 Å². The van der Waals surface area contributed by atoms with Crippen molar-refractivity contribution in [2.45, 2.75) is 25.9 Å². The third-order valence-corrected chi connectivity index (χ3v) is 1.02. The van der Waals surface area contributed by atoms with Crippen LogP contribution < -0.4 is 0 Å². The van der Waals surface area contributed by atoms with E-state index in [-0.39, 0.29) is 6.42 Å². The zero-order valence-corrected chi connectivity index (χ0v) is 5.86. The molecule has 0 saturated carbocycles. The maximum Gasteiger partial charge on any atom is 0.449 e. The lowest BCUT2D eigenvalue weighted by atomic mass is 10.2. The molecule has 0 fully saturated rings. The minimum atomic E-state index is -4.80. The van der Waals surface area contributed by atoms with Gasteiger partial charge in [-0.2, -0.15) is 13.2 Å². The molecule has 0 unspecified atom stereocenters. The van der Waals surface area contributed by atoms with Gasteiger partial charge in [-0.25, -0.2) is 0 Å². The number of ketones is 2. The molecule has 64 valence electrons. The quantitative estimate of drug-likeness (QED) is 0.639. The molecule has 2 nitrogen and oxygen atoms in total. The van der Waals surface area contributed by atoms with Crippen molar-refractivity contribution in [2.75, 3.05) is 0 Å². The molecule has 11 heavy (non-hydrogen) atoms. The maximum absolute atomic E-state index is 11.4. The molecule has 0 rings (SSSR count). The summed E-state index contributed by atoms with van der Waals surface area (Å²) in [7, 11) is 0. The molecule has 0 saturated heterocycles. The van der Waals surface area contributed by atoms with E-state index in [1.54, 1.807) is 0 Å². The van der Waals surface area contributed by atoms with E-state index in [1.807, 2.05) is 0 Å². The third kappa shape index (κ3) is 4.52. The normalized spacial score (nSPS) is 11.3. The van der Waals surface area contributed by atoms with Crippen molar-refractivity contribution in [3.63, 3.8) is 0 Å². The van der Waals surface area contributed by atoms with Crippen LogP contribution in [0.25, 0.3) is 0 Å². The average molecular weight is 168 g/mol. The van der Waals surface area contributed by atoms with E-state index < -0.39 is 24.2 Å². The van der Waals surface area contributed by atoms with Crippen molar-refractivity contribution in [3.05, 3.63) is 0 Å².